The van der Waals surface area contributed by atoms with Crippen LogP contribution in [0.5, 0.6) is 0 Å². The van der Waals surface area contributed by atoms with Crippen LogP contribution in [0.15, 0.2) is 16.5 Å². The number of hydrogen-bond donors (Lipinski definition) is 0. The van der Waals surface area contributed by atoms with Crippen molar-refractivity contribution >= 4 is 11.7 Å². The number of anilines is 1. The van der Waals surface area contributed by atoms with E-state index in [-0.39, 0.29) is 5.78 Å². The van der Waals surface area contributed by atoms with E-state index in [1.807, 2.05) is 12.1 Å². The highest BCUT2D eigenvalue weighted by atomic mass is 16.4. The van der Waals surface area contributed by atoms with Crippen LogP contribution in [0.2, 0.25) is 0 Å². The Morgan fingerprint density at radius 1 is 1.22 bits per heavy atom. The first-order valence-electron chi connectivity index (χ1n) is 7.13. The molecule has 1 aromatic rings. The maximum absolute atomic E-state index is 11.3. The van der Waals surface area contributed by atoms with Crippen molar-refractivity contribution in [2.24, 2.45) is 5.92 Å². The SMILES string of the molecule is CC(=O)c1ccc(N2CCC[C@H]3CCCC[C@H]32)o1. The van der Waals surface area contributed by atoms with Crippen molar-refractivity contribution in [3.63, 3.8) is 0 Å². The van der Waals surface area contributed by atoms with Gasteiger partial charge in [-0.2, -0.15) is 0 Å². The van der Waals surface area contributed by atoms with Crippen LogP contribution in [0.1, 0.15) is 56.0 Å². The van der Waals surface area contributed by atoms with Crippen LogP contribution in [0.25, 0.3) is 0 Å². The first-order chi connectivity index (χ1) is 8.75. The van der Waals surface area contributed by atoms with E-state index >= 15 is 0 Å². The molecule has 1 saturated heterocycles. The Morgan fingerprint density at radius 3 is 2.78 bits per heavy atom. The second-order valence-corrected chi connectivity index (χ2v) is 5.64. The van der Waals surface area contributed by atoms with Gasteiger partial charge in [0.25, 0.3) is 0 Å². The molecule has 0 spiro atoms. The maximum atomic E-state index is 11.3. The van der Waals surface area contributed by atoms with Gasteiger partial charge in [0.05, 0.1) is 0 Å². The second-order valence-electron chi connectivity index (χ2n) is 5.64. The molecule has 2 heterocycles. The molecule has 1 aliphatic heterocycles. The van der Waals surface area contributed by atoms with Crippen LogP contribution in [0, 0.1) is 5.92 Å². The summed E-state index contributed by atoms with van der Waals surface area (Å²) in [6.45, 7) is 2.63. The lowest BCUT2D eigenvalue weighted by atomic mass is 9.78. The Kier molecular flexibility index (Phi) is 3.14. The van der Waals surface area contributed by atoms with Crippen molar-refractivity contribution in [2.75, 3.05) is 11.4 Å². The molecule has 0 unspecified atom stereocenters. The third-order valence-corrected chi connectivity index (χ3v) is 4.47. The molecule has 2 fully saturated rings. The van der Waals surface area contributed by atoms with Crippen LogP contribution in [0.3, 0.4) is 0 Å². The van der Waals surface area contributed by atoms with Gasteiger partial charge >= 0.3 is 0 Å². The maximum Gasteiger partial charge on any atom is 0.196 e. The number of Topliss-reactive ketones (excluding diaryl/α,β-unsaturated/α-hetero) is 1. The van der Waals surface area contributed by atoms with Gasteiger partial charge in [-0.25, -0.2) is 0 Å². The van der Waals surface area contributed by atoms with E-state index in [9.17, 15) is 4.79 Å². The average Bonchev–Trinajstić information content (AvgIpc) is 2.87. The van der Waals surface area contributed by atoms with Gasteiger partial charge in [0.2, 0.25) is 0 Å². The highest BCUT2D eigenvalue weighted by Gasteiger charge is 2.34. The van der Waals surface area contributed by atoms with Crippen molar-refractivity contribution in [2.45, 2.75) is 51.5 Å². The number of piperidine rings is 1. The standard InChI is InChI=1S/C15H21NO2/c1-11(17)14-8-9-15(18-14)16-10-4-6-12-5-2-3-7-13(12)16/h8-9,12-13H,2-7,10H2,1H3/t12-,13-/m1/s1. The third kappa shape index (κ3) is 2.06. The first kappa shape index (κ1) is 11.8. The number of nitrogens with zero attached hydrogens (tertiary/aromatic N) is 1. The number of rotatable bonds is 2. The smallest absolute Gasteiger partial charge is 0.196 e. The Bertz CT molecular complexity index is 435. The second kappa shape index (κ2) is 4.79. The zero-order chi connectivity index (χ0) is 12.5. The van der Waals surface area contributed by atoms with E-state index in [0.29, 0.717) is 11.8 Å². The van der Waals surface area contributed by atoms with Crippen LogP contribution < -0.4 is 4.90 Å². The Morgan fingerprint density at radius 2 is 2.00 bits per heavy atom. The van der Waals surface area contributed by atoms with Crippen molar-refractivity contribution in [3.8, 4) is 0 Å². The van der Waals surface area contributed by atoms with Gasteiger partial charge in [0.1, 0.15) is 0 Å². The molecule has 3 rings (SSSR count). The number of ketones is 1. The summed E-state index contributed by atoms with van der Waals surface area (Å²) >= 11 is 0. The Balaban J connectivity index is 1.82. The summed E-state index contributed by atoms with van der Waals surface area (Å²) in [6, 6.07) is 4.41. The summed E-state index contributed by atoms with van der Waals surface area (Å²) in [6.07, 6.45) is 7.96. The van der Waals surface area contributed by atoms with Gasteiger partial charge in [-0.3, -0.25) is 4.79 Å². The number of carbonyl (C=O) groups excluding carboxylic acids is 1. The van der Waals surface area contributed by atoms with Gasteiger partial charge in [0.15, 0.2) is 17.4 Å². The van der Waals surface area contributed by atoms with Gasteiger partial charge < -0.3 is 9.32 Å². The molecule has 2 aliphatic rings. The molecule has 2 atom stereocenters. The Labute approximate surface area is 108 Å². The van der Waals surface area contributed by atoms with Crippen molar-refractivity contribution in [1.29, 1.82) is 0 Å². The van der Waals surface area contributed by atoms with E-state index in [4.69, 9.17) is 4.42 Å². The number of carbonyl (C=O) groups is 1. The highest BCUT2D eigenvalue weighted by molar-refractivity contribution is 5.91. The van der Waals surface area contributed by atoms with Crippen molar-refractivity contribution in [1.82, 2.24) is 0 Å². The zero-order valence-electron chi connectivity index (χ0n) is 11.0. The lowest BCUT2D eigenvalue weighted by molar-refractivity contribution is 0.0987. The van der Waals surface area contributed by atoms with Crippen LogP contribution in [-0.4, -0.2) is 18.4 Å². The van der Waals surface area contributed by atoms with E-state index in [0.717, 1.165) is 18.3 Å². The van der Waals surface area contributed by atoms with E-state index < -0.39 is 0 Å². The lowest BCUT2D eigenvalue weighted by Gasteiger charge is -2.44. The molecule has 0 amide bonds. The van der Waals surface area contributed by atoms with Crippen molar-refractivity contribution < 1.29 is 9.21 Å². The first-order valence-corrected chi connectivity index (χ1v) is 7.13. The monoisotopic (exact) mass is 247 g/mol. The third-order valence-electron chi connectivity index (χ3n) is 4.47. The Hall–Kier alpha value is -1.25. The number of furan rings is 1. The molecule has 98 valence electrons. The average molecular weight is 247 g/mol. The van der Waals surface area contributed by atoms with Gasteiger partial charge in [0, 0.05) is 25.6 Å². The number of fused-ring (bicyclic) bond motifs is 1. The molecule has 0 aromatic carbocycles. The fourth-order valence-corrected chi connectivity index (χ4v) is 3.57. The summed E-state index contributed by atoms with van der Waals surface area (Å²) in [5.41, 5.74) is 0. The fourth-order valence-electron chi connectivity index (χ4n) is 3.57. The predicted molar refractivity (Wildman–Crippen MR) is 71.0 cm³/mol. The normalized spacial score (nSPS) is 27.9. The molecular weight excluding hydrogens is 226 g/mol. The summed E-state index contributed by atoms with van der Waals surface area (Å²) in [5, 5.41) is 0. The van der Waals surface area contributed by atoms with Gasteiger partial charge in [-0.15, -0.1) is 0 Å². The van der Waals surface area contributed by atoms with Crippen LogP contribution in [-0.2, 0) is 0 Å². The molecule has 0 radical (unpaired) electrons. The minimum atomic E-state index is 0.0125. The molecule has 1 saturated carbocycles. The van der Waals surface area contributed by atoms with E-state index in [1.165, 1.54) is 38.5 Å². The van der Waals surface area contributed by atoms with Gasteiger partial charge in [-0.1, -0.05) is 12.8 Å². The van der Waals surface area contributed by atoms with Gasteiger partial charge in [-0.05, 0) is 37.7 Å². The molecule has 3 heteroatoms. The fraction of sp³-hybridized carbons (Fsp3) is 0.667. The van der Waals surface area contributed by atoms with Crippen LogP contribution >= 0.6 is 0 Å². The molecule has 1 aromatic heterocycles. The summed E-state index contributed by atoms with van der Waals surface area (Å²) in [7, 11) is 0. The zero-order valence-corrected chi connectivity index (χ0v) is 11.0. The molecular formula is C15H21NO2. The molecule has 0 N–H and O–H groups in total. The lowest BCUT2D eigenvalue weighted by Crippen LogP contribution is -2.46. The molecule has 0 bridgehead atoms. The summed E-state index contributed by atoms with van der Waals surface area (Å²) < 4.78 is 5.71. The minimum absolute atomic E-state index is 0.0125. The highest BCUT2D eigenvalue weighted by Crippen LogP contribution is 2.38. The topological polar surface area (TPSA) is 33.5 Å². The van der Waals surface area contributed by atoms with E-state index in [1.54, 1.807) is 6.92 Å². The van der Waals surface area contributed by atoms with Crippen LogP contribution in [0.4, 0.5) is 5.88 Å². The molecule has 18 heavy (non-hydrogen) atoms. The molecule has 1 aliphatic carbocycles. The summed E-state index contributed by atoms with van der Waals surface area (Å²) in [4.78, 5) is 13.7. The van der Waals surface area contributed by atoms with E-state index in [2.05, 4.69) is 4.90 Å². The van der Waals surface area contributed by atoms with Crippen molar-refractivity contribution in [3.05, 3.63) is 17.9 Å². The summed E-state index contributed by atoms with van der Waals surface area (Å²) in [5.74, 6) is 2.23. The predicted octanol–water partition coefficient (Wildman–Crippen LogP) is 3.64. The largest absolute Gasteiger partial charge is 0.437 e. The molecule has 3 nitrogen and oxygen atoms in total. The minimum Gasteiger partial charge on any atom is -0.437 e. The quantitative estimate of drug-likeness (QED) is 0.748. The number of hydrogen-bond acceptors (Lipinski definition) is 3.